The predicted octanol–water partition coefficient (Wildman–Crippen LogP) is 2.97. The Morgan fingerprint density at radius 1 is 1.44 bits per heavy atom. The van der Waals surface area contributed by atoms with Crippen molar-refractivity contribution in [2.75, 3.05) is 0 Å². The molecule has 1 aromatic rings. The molecular weight excluding hydrogens is 406 g/mol. The van der Waals surface area contributed by atoms with Crippen LogP contribution in [-0.4, -0.2) is 16.5 Å². The molecule has 1 rings (SSSR count). The summed E-state index contributed by atoms with van der Waals surface area (Å²) in [6, 6.07) is 1.20. The number of aliphatic hydroxyl groups is 1. The van der Waals surface area contributed by atoms with Gasteiger partial charge in [-0.1, -0.05) is 15.9 Å². The number of ether oxygens (including phenoxy) is 1. The highest BCUT2D eigenvalue weighted by Gasteiger charge is 2.32. The zero-order valence-corrected chi connectivity index (χ0v) is 11.4. The summed E-state index contributed by atoms with van der Waals surface area (Å²) in [4.78, 5) is 3.86. The number of nitrogens with zero attached hydrogens (tertiary/aromatic N) is 1. The molecule has 0 amide bonds. The minimum absolute atomic E-state index is 0.0989. The van der Waals surface area contributed by atoms with Crippen LogP contribution in [0.2, 0.25) is 0 Å². The predicted molar refractivity (Wildman–Crippen MR) is 62.2 cm³/mol. The summed E-state index contributed by atoms with van der Waals surface area (Å²) >= 11 is 4.80. The maximum Gasteiger partial charge on any atom is 0.573 e. The van der Waals surface area contributed by atoms with Gasteiger partial charge in [0.15, 0.2) is 5.75 Å². The van der Waals surface area contributed by atoms with Crippen LogP contribution in [0.15, 0.2) is 6.07 Å². The van der Waals surface area contributed by atoms with Crippen LogP contribution in [0.3, 0.4) is 0 Å². The van der Waals surface area contributed by atoms with Crippen LogP contribution in [0.5, 0.6) is 5.75 Å². The summed E-state index contributed by atoms with van der Waals surface area (Å²) in [6.45, 7) is -0.329. The van der Waals surface area contributed by atoms with Crippen molar-refractivity contribution < 1.29 is 23.0 Å². The van der Waals surface area contributed by atoms with E-state index < -0.39 is 6.36 Å². The molecule has 1 aromatic heterocycles. The molecule has 0 fully saturated rings. The average molecular weight is 412 g/mol. The second-order valence-electron chi connectivity index (χ2n) is 2.70. The summed E-state index contributed by atoms with van der Waals surface area (Å²) < 4.78 is 40.4. The quantitative estimate of drug-likeness (QED) is 0.614. The minimum atomic E-state index is -4.75. The fourth-order valence-corrected chi connectivity index (χ4v) is 1.95. The van der Waals surface area contributed by atoms with Gasteiger partial charge < -0.3 is 9.84 Å². The number of hydrogen-bond acceptors (Lipinski definition) is 3. The molecule has 3 nitrogen and oxygen atoms in total. The first-order valence-corrected chi connectivity index (χ1v) is 6.18. The molecule has 0 saturated carbocycles. The average Bonchev–Trinajstić information content (AvgIpc) is 2.16. The van der Waals surface area contributed by atoms with Gasteiger partial charge in [0.2, 0.25) is 0 Å². The van der Waals surface area contributed by atoms with Crippen LogP contribution in [-0.2, 0) is 11.9 Å². The van der Waals surface area contributed by atoms with Crippen LogP contribution in [0.4, 0.5) is 13.2 Å². The number of alkyl halides is 4. The van der Waals surface area contributed by atoms with Crippen LogP contribution in [0.25, 0.3) is 0 Å². The third kappa shape index (κ3) is 3.74. The molecular formula is C8H6BrF3INO2. The van der Waals surface area contributed by atoms with Crippen LogP contribution in [0.1, 0.15) is 11.4 Å². The Morgan fingerprint density at radius 2 is 2.06 bits per heavy atom. The van der Waals surface area contributed by atoms with Gasteiger partial charge in [0.1, 0.15) is 0 Å². The van der Waals surface area contributed by atoms with Crippen molar-refractivity contribution in [1.82, 2.24) is 4.98 Å². The molecule has 0 aliphatic carbocycles. The number of hydrogen-bond donors (Lipinski definition) is 1. The van der Waals surface area contributed by atoms with Gasteiger partial charge in [-0.2, -0.15) is 0 Å². The summed E-state index contributed by atoms with van der Waals surface area (Å²) in [5.41, 5.74) is 0.423. The lowest BCUT2D eigenvalue weighted by Gasteiger charge is -2.13. The van der Waals surface area contributed by atoms with E-state index in [1.54, 1.807) is 22.6 Å². The fraction of sp³-hybridized carbons (Fsp3) is 0.375. The van der Waals surface area contributed by atoms with E-state index in [4.69, 9.17) is 5.11 Å². The molecule has 16 heavy (non-hydrogen) atoms. The first-order chi connectivity index (χ1) is 7.37. The van der Waals surface area contributed by atoms with Gasteiger partial charge in [-0.25, -0.2) is 4.98 Å². The Kier molecular flexibility index (Phi) is 4.80. The Hall–Kier alpha value is -0.0900. The van der Waals surface area contributed by atoms with E-state index in [2.05, 4.69) is 25.7 Å². The lowest BCUT2D eigenvalue weighted by molar-refractivity contribution is -0.275. The normalized spacial score (nSPS) is 11.6. The second kappa shape index (κ2) is 5.50. The van der Waals surface area contributed by atoms with Crippen molar-refractivity contribution >= 4 is 38.5 Å². The van der Waals surface area contributed by atoms with Gasteiger partial charge in [-0.15, -0.1) is 13.2 Å². The summed E-state index contributed by atoms with van der Waals surface area (Å²) in [5.74, 6) is -0.356. The standard InChI is InChI=1S/C8H6BrF3INO2/c9-2-5-7(16-8(10,11)12)1-4(13)6(3-15)14-5/h1,15H,2-3H2. The molecule has 0 aromatic carbocycles. The van der Waals surface area contributed by atoms with Gasteiger partial charge in [-0.3, -0.25) is 0 Å². The van der Waals surface area contributed by atoms with E-state index >= 15 is 0 Å². The molecule has 0 radical (unpaired) electrons. The summed E-state index contributed by atoms with van der Waals surface area (Å²) in [7, 11) is 0. The van der Waals surface area contributed by atoms with Gasteiger partial charge in [0, 0.05) is 8.90 Å². The number of halogens is 5. The second-order valence-corrected chi connectivity index (χ2v) is 4.42. The van der Waals surface area contributed by atoms with Crippen molar-refractivity contribution in [2.45, 2.75) is 18.3 Å². The molecule has 0 bridgehead atoms. The molecule has 0 aliphatic rings. The summed E-state index contributed by atoms with van der Waals surface area (Å²) in [5, 5.41) is 9.03. The highest BCUT2D eigenvalue weighted by Crippen LogP contribution is 2.29. The van der Waals surface area contributed by atoms with Crippen molar-refractivity contribution in [1.29, 1.82) is 0 Å². The van der Waals surface area contributed by atoms with Crippen molar-refractivity contribution in [3.05, 3.63) is 21.0 Å². The lowest BCUT2D eigenvalue weighted by atomic mass is 10.3. The third-order valence-corrected chi connectivity index (χ3v) is 3.06. The van der Waals surface area contributed by atoms with E-state index in [1.165, 1.54) is 6.07 Å². The molecule has 0 aliphatic heterocycles. The van der Waals surface area contributed by atoms with E-state index in [0.29, 0.717) is 9.26 Å². The monoisotopic (exact) mass is 411 g/mol. The highest BCUT2D eigenvalue weighted by molar-refractivity contribution is 14.1. The maximum atomic E-state index is 12.1. The Morgan fingerprint density at radius 3 is 2.50 bits per heavy atom. The fourth-order valence-electron chi connectivity index (χ4n) is 0.973. The summed E-state index contributed by atoms with van der Waals surface area (Å²) in [6.07, 6.45) is -4.75. The van der Waals surface area contributed by atoms with Crippen molar-refractivity contribution in [3.63, 3.8) is 0 Å². The van der Waals surface area contributed by atoms with E-state index in [9.17, 15) is 13.2 Å². The van der Waals surface area contributed by atoms with Gasteiger partial charge in [0.05, 0.1) is 18.0 Å². The molecule has 1 N–H and O–H groups in total. The van der Waals surface area contributed by atoms with E-state index in [-0.39, 0.29) is 23.4 Å². The van der Waals surface area contributed by atoms with E-state index in [1.807, 2.05) is 0 Å². The Bertz CT molecular complexity index is 386. The SMILES string of the molecule is OCc1nc(CBr)c(OC(F)(F)F)cc1I. The lowest BCUT2D eigenvalue weighted by Crippen LogP contribution is -2.19. The zero-order chi connectivity index (χ0) is 12.3. The molecule has 0 saturated heterocycles. The number of aliphatic hydroxyl groups excluding tert-OH is 1. The molecule has 0 atom stereocenters. The van der Waals surface area contributed by atoms with Crippen LogP contribution >= 0.6 is 38.5 Å². The number of aromatic nitrogens is 1. The highest BCUT2D eigenvalue weighted by atomic mass is 127. The Labute approximate surface area is 111 Å². The topological polar surface area (TPSA) is 42.4 Å². The van der Waals surface area contributed by atoms with E-state index in [0.717, 1.165) is 0 Å². The zero-order valence-electron chi connectivity index (χ0n) is 7.68. The van der Waals surface area contributed by atoms with Crippen molar-refractivity contribution in [3.8, 4) is 5.75 Å². The smallest absolute Gasteiger partial charge is 0.404 e. The molecule has 1 heterocycles. The first kappa shape index (κ1) is 14.0. The maximum absolute atomic E-state index is 12.1. The van der Waals surface area contributed by atoms with Gasteiger partial charge in [-0.05, 0) is 28.7 Å². The first-order valence-electron chi connectivity index (χ1n) is 3.98. The van der Waals surface area contributed by atoms with Crippen molar-refractivity contribution in [2.24, 2.45) is 0 Å². The van der Waals surface area contributed by atoms with Gasteiger partial charge in [0.25, 0.3) is 0 Å². The molecule has 0 unspecified atom stereocenters. The van der Waals surface area contributed by atoms with Gasteiger partial charge >= 0.3 is 6.36 Å². The largest absolute Gasteiger partial charge is 0.573 e. The minimum Gasteiger partial charge on any atom is -0.404 e. The molecule has 90 valence electrons. The van der Waals surface area contributed by atoms with Crippen LogP contribution < -0.4 is 4.74 Å². The molecule has 8 heteroatoms. The number of pyridine rings is 1. The Balaban J connectivity index is 3.13. The molecule has 0 spiro atoms. The number of rotatable bonds is 3. The third-order valence-electron chi connectivity index (χ3n) is 1.59. The van der Waals surface area contributed by atoms with Crippen LogP contribution in [0, 0.1) is 3.57 Å².